The van der Waals surface area contributed by atoms with Crippen LogP contribution in [0.1, 0.15) is 25.1 Å². The van der Waals surface area contributed by atoms with Crippen LogP contribution in [0.3, 0.4) is 0 Å². The minimum atomic E-state index is -0.800. The van der Waals surface area contributed by atoms with Gasteiger partial charge in [0.25, 0.3) is 0 Å². The Morgan fingerprint density at radius 2 is 1.93 bits per heavy atom. The summed E-state index contributed by atoms with van der Waals surface area (Å²) < 4.78 is 35.0. The van der Waals surface area contributed by atoms with Gasteiger partial charge in [-0.3, -0.25) is 0 Å². The molecule has 3 aromatic rings. The Morgan fingerprint density at radius 3 is 2.63 bits per heavy atom. The van der Waals surface area contributed by atoms with Crippen molar-refractivity contribution >= 4 is 17.7 Å². The Kier molecular flexibility index (Phi) is 5.47. The van der Waals surface area contributed by atoms with E-state index in [1.165, 1.54) is 15.6 Å². The highest BCUT2D eigenvalue weighted by atomic mass is 35.5. The SMILES string of the molecule is CCN(CC)C(=O)Oc1c2c(nn1-c1ccc(F)cc1F)CCc1cc(Cl)ccc1-2. The third-order valence-corrected chi connectivity index (χ3v) is 5.46. The van der Waals surface area contributed by atoms with E-state index in [4.69, 9.17) is 16.3 Å². The molecule has 0 bridgehead atoms. The van der Waals surface area contributed by atoms with E-state index in [1.807, 2.05) is 26.0 Å². The quantitative estimate of drug-likeness (QED) is 0.555. The summed E-state index contributed by atoms with van der Waals surface area (Å²) in [5, 5.41) is 5.13. The van der Waals surface area contributed by atoms with Gasteiger partial charge in [0.15, 0.2) is 5.82 Å². The van der Waals surface area contributed by atoms with Gasteiger partial charge in [-0.15, -0.1) is 0 Å². The number of nitrogens with zero attached hydrogens (tertiary/aromatic N) is 3. The lowest BCUT2D eigenvalue weighted by Crippen LogP contribution is -2.33. The number of aromatic nitrogens is 2. The van der Waals surface area contributed by atoms with Crippen LogP contribution < -0.4 is 4.74 Å². The highest BCUT2D eigenvalue weighted by Crippen LogP contribution is 2.42. The molecule has 5 nitrogen and oxygen atoms in total. The topological polar surface area (TPSA) is 47.4 Å². The predicted octanol–water partition coefficient (Wildman–Crippen LogP) is 5.41. The first-order chi connectivity index (χ1) is 14.4. The van der Waals surface area contributed by atoms with Gasteiger partial charge in [0, 0.05) is 24.2 Å². The fourth-order valence-corrected chi connectivity index (χ4v) is 3.89. The second-order valence-electron chi connectivity index (χ2n) is 6.98. The van der Waals surface area contributed by atoms with E-state index in [0.29, 0.717) is 42.2 Å². The molecule has 8 heteroatoms. The first-order valence-corrected chi connectivity index (χ1v) is 10.1. The van der Waals surface area contributed by atoms with Gasteiger partial charge in [0.05, 0.1) is 11.3 Å². The van der Waals surface area contributed by atoms with Gasteiger partial charge in [-0.25, -0.2) is 13.6 Å². The maximum atomic E-state index is 14.6. The fourth-order valence-electron chi connectivity index (χ4n) is 3.70. The monoisotopic (exact) mass is 431 g/mol. The molecular weight excluding hydrogens is 412 g/mol. The minimum absolute atomic E-state index is 0.00339. The molecule has 0 saturated carbocycles. The van der Waals surface area contributed by atoms with Crippen molar-refractivity contribution in [1.82, 2.24) is 14.7 Å². The van der Waals surface area contributed by atoms with Crippen molar-refractivity contribution in [3.8, 4) is 22.7 Å². The average Bonchev–Trinajstić information content (AvgIpc) is 3.07. The van der Waals surface area contributed by atoms with Crippen LogP contribution in [0.2, 0.25) is 5.02 Å². The van der Waals surface area contributed by atoms with E-state index in [2.05, 4.69) is 5.10 Å². The van der Waals surface area contributed by atoms with E-state index >= 15 is 0 Å². The number of aryl methyl sites for hydroxylation is 2. The molecule has 0 unspecified atom stereocenters. The van der Waals surface area contributed by atoms with Gasteiger partial charge >= 0.3 is 6.09 Å². The number of hydrogen-bond donors (Lipinski definition) is 0. The largest absolute Gasteiger partial charge is 0.416 e. The molecule has 4 rings (SSSR count). The summed E-state index contributed by atoms with van der Waals surface area (Å²) in [6, 6.07) is 8.66. The molecule has 0 atom stereocenters. The van der Waals surface area contributed by atoms with Crippen LogP contribution in [0.15, 0.2) is 36.4 Å². The van der Waals surface area contributed by atoms with Gasteiger partial charge < -0.3 is 9.64 Å². The summed E-state index contributed by atoms with van der Waals surface area (Å²) in [7, 11) is 0. The van der Waals surface area contributed by atoms with Crippen molar-refractivity contribution < 1.29 is 18.3 Å². The molecule has 0 saturated heterocycles. The van der Waals surface area contributed by atoms with E-state index in [1.54, 1.807) is 6.07 Å². The highest BCUT2D eigenvalue weighted by molar-refractivity contribution is 6.30. The first kappa shape index (κ1) is 20.3. The van der Waals surface area contributed by atoms with Crippen LogP contribution in [0.25, 0.3) is 16.8 Å². The lowest BCUT2D eigenvalue weighted by atomic mass is 9.90. The number of rotatable bonds is 4. The number of halogens is 3. The number of carbonyl (C=O) groups excluding carboxylic acids is 1. The number of fused-ring (bicyclic) bond motifs is 3. The zero-order valence-corrected chi connectivity index (χ0v) is 17.3. The van der Waals surface area contributed by atoms with Crippen LogP contribution in [0.4, 0.5) is 13.6 Å². The molecular formula is C22H20ClF2N3O2. The smallest absolute Gasteiger partial charge is 0.390 e. The standard InChI is InChI=1S/C22H20ClF2N3O2/c1-3-27(4-2)22(29)30-21-20-16-8-6-14(23)11-13(16)5-9-18(20)26-28(21)19-10-7-15(24)12-17(19)25/h6-8,10-12H,3-5,9H2,1-2H3. The summed E-state index contributed by atoms with van der Waals surface area (Å²) in [5.41, 5.74) is 3.13. The lowest BCUT2D eigenvalue weighted by molar-refractivity contribution is 0.154. The number of carbonyl (C=O) groups is 1. The van der Waals surface area contributed by atoms with Crippen molar-refractivity contribution in [2.45, 2.75) is 26.7 Å². The molecule has 1 aliphatic carbocycles. The summed E-state index contributed by atoms with van der Waals surface area (Å²) in [5.74, 6) is -1.39. The van der Waals surface area contributed by atoms with E-state index < -0.39 is 17.7 Å². The summed E-state index contributed by atoms with van der Waals surface area (Å²) in [6.45, 7) is 4.61. The third kappa shape index (κ3) is 3.54. The molecule has 0 aliphatic heterocycles. The van der Waals surface area contributed by atoms with Crippen molar-refractivity contribution in [3.05, 3.63) is 64.3 Å². The second-order valence-corrected chi connectivity index (χ2v) is 7.41. The summed E-state index contributed by atoms with van der Waals surface area (Å²) in [6.07, 6.45) is 0.719. The number of benzene rings is 2. The molecule has 1 aliphatic rings. The van der Waals surface area contributed by atoms with Crippen LogP contribution in [-0.2, 0) is 12.8 Å². The molecule has 0 spiro atoms. The maximum absolute atomic E-state index is 14.6. The molecule has 156 valence electrons. The van der Waals surface area contributed by atoms with Gasteiger partial charge in [0.2, 0.25) is 5.88 Å². The van der Waals surface area contributed by atoms with Crippen molar-refractivity contribution in [1.29, 1.82) is 0 Å². The van der Waals surface area contributed by atoms with Gasteiger partial charge in [-0.1, -0.05) is 17.7 Å². The fraction of sp³-hybridized carbons (Fsp3) is 0.273. The molecule has 0 fully saturated rings. The van der Waals surface area contributed by atoms with Gasteiger partial charge in [-0.05, 0) is 62.1 Å². The zero-order valence-electron chi connectivity index (χ0n) is 16.6. The molecule has 2 aromatic carbocycles. The molecule has 1 aromatic heterocycles. The number of ether oxygens (including phenoxy) is 1. The van der Waals surface area contributed by atoms with Crippen molar-refractivity contribution in [2.75, 3.05) is 13.1 Å². The lowest BCUT2D eigenvalue weighted by Gasteiger charge is -2.20. The molecule has 1 amide bonds. The molecule has 30 heavy (non-hydrogen) atoms. The first-order valence-electron chi connectivity index (χ1n) is 9.75. The zero-order chi connectivity index (χ0) is 21.4. The van der Waals surface area contributed by atoms with Crippen LogP contribution in [-0.4, -0.2) is 33.9 Å². The Balaban J connectivity index is 1.91. The Hall–Kier alpha value is -2.93. The van der Waals surface area contributed by atoms with Crippen LogP contribution in [0, 0.1) is 11.6 Å². The Bertz CT molecular complexity index is 1130. The normalized spacial score (nSPS) is 12.3. The predicted molar refractivity (Wildman–Crippen MR) is 110 cm³/mol. The molecule has 0 radical (unpaired) electrons. The maximum Gasteiger partial charge on any atom is 0.416 e. The summed E-state index contributed by atoms with van der Waals surface area (Å²) in [4.78, 5) is 14.2. The van der Waals surface area contributed by atoms with Crippen molar-refractivity contribution in [3.63, 3.8) is 0 Å². The van der Waals surface area contributed by atoms with E-state index in [-0.39, 0.29) is 11.6 Å². The highest BCUT2D eigenvalue weighted by Gasteiger charge is 2.30. The second kappa shape index (κ2) is 8.07. The Morgan fingerprint density at radius 1 is 1.17 bits per heavy atom. The summed E-state index contributed by atoms with van der Waals surface area (Å²) >= 11 is 6.15. The number of amides is 1. The van der Waals surface area contributed by atoms with E-state index in [9.17, 15) is 13.6 Å². The van der Waals surface area contributed by atoms with Gasteiger partial charge in [-0.2, -0.15) is 9.78 Å². The average molecular weight is 432 g/mol. The molecule has 1 heterocycles. The van der Waals surface area contributed by atoms with Crippen LogP contribution >= 0.6 is 11.6 Å². The van der Waals surface area contributed by atoms with Gasteiger partial charge in [0.1, 0.15) is 11.5 Å². The Labute approximate surface area is 177 Å². The minimum Gasteiger partial charge on any atom is -0.390 e. The third-order valence-electron chi connectivity index (χ3n) is 5.23. The number of hydrogen-bond acceptors (Lipinski definition) is 3. The van der Waals surface area contributed by atoms with E-state index in [0.717, 1.165) is 23.3 Å². The molecule has 0 N–H and O–H groups in total. The van der Waals surface area contributed by atoms with Crippen molar-refractivity contribution in [2.24, 2.45) is 0 Å². The van der Waals surface area contributed by atoms with Crippen LogP contribution in [0.5, 0.6) is 5.88 Å².